The summed E-state index contributed by atoms with van der Waals surface area (Å²) in [6.45, 7) is -0.995. The van der Waals surface area contributed by atoms with Gasteiger partial charge in [-0.25, -0.2) is 8.78 Å². The summed E-state index contributed by atoms with van der Waals surface area (Å²) >= 11 is 0.925. The van der Waals surface area contributed by atoms with Crippen molar-refractivity contribution in [1.29, 1.82) is 0 Å². The first-order chi connectivity index (χ1) is 7.45. The summed E-state index contributed by atoms with van der Waals surface area (Å²) in [5.41, 5.74) is 0. The fourth-order valence-corrected chi connectivity index (χ4v) is 1.44. The van der Waals surface area contributed by atoms with Gasteiger partial charge in [0.15, 0.2) is 6.61 Å². The number of halogens is 4. The van der Waals surface area contributed by atoms with Crippen molar-refractivity contribution in [3.63, 3.8) is 0 Å². The fourth-order valence-electron chi connectivity index (χ4n) is 0.740. The normalized spacial score (nSPS) is 12.1. The number of hydrogen-bond acceptors (Lipinski definition) is 5. The second-order valence-corrected chi connectivity index (χ2v) is 3.87. The first kappa shape index (κ1) is 13.1. The third kappa shape index (κ3) is 3.56. The Kier molecular flexibility index (Phi) is 4.42. The molecule has 4 nitrogen and oxygen atoms in total. The SMILES string of the molecule is CNCc1nnc(OCC(F)(F)C(F)F)s1. The molecule has 92 valence electrons. The van der Waals surface area contributed by atoms with Crippen LogP contribution in [-0.4, -0.2) is 36.2 Å². The Bertz CT molecular complexity index is 333. The quantitative estimate of drug-likeness (QED) is 0.787. The zero-order chi connectivity index (χ0) is 12.2. The lowest BCUT2D eigenvalue weighted by atomic mass is 10.4. The molecule has 0 amide bonds. The molecular weight excluding hydrogens is 250 g/mol. The molecule has 0 aliphatic heterocycles. The largest absolute Gasteiger partial charge is 0.462 e. The van der Waals surface area contributed by atoms with E-state index in [1.165, 1.54) is 0 Å². The van der Waals surface area contributed by atoms with Crippen LogP contribution in [0.4, 0.5) is 17.6 Å². The maximum absolute atomic E-state index is 12.5. The van der Waals surface area contributed by atoms with Gasteiger partial charge in [0.05, 0.1) is 0 Å². The Morgan fingerprint density at radius 3 is 2.69 bits per heavy atom. The Morgan fingerprint density at radius 1 is 1.44 bits per heavy atom. The van der Waals surface area contributed by atoms with Crippen molar-refractivity contribution < 1.29 is 22.3 Å². The Hall–Kier alpha value is -0.960. The summed E-state index contributed by atoms with van der Waals surface area (Å²) in [7, 11) is 1.67. The number of rotatable bonds is 6. The predicted molar refractivity (Wildman–Crippen MR) is 49.1 cm³/mol. The van der Waals surface area contributed by atoms with Crippen LogP contribution in [0.25, 0.3) is 0 Å². The molecule has 0 radical (unpaired) electrons. The highest BCUT2D eigenvalue weighted by atomic mass is 32.1. The molecule has 9 heteroatoms. The molecular formula is C7H9F4N3OS. The number of aromatic nitrogens is 2. The number of nitrogens with one attached hydrogen (secondary N) is 1. The Morgan fingerprint density at radius 2 is 2.12 bits per heavy atom. The molecule has 1 N–H and O–H groups in total. The summed E-state index contributed by atoms with van der Waals surface area (Å²) in [6.07, 6.45) is -3.75. The molecule has 0 aromatic carbocycles. The fraction of sp³-hybridized carbons (Fsp3) is 0.714. The third-order valence-electron chi connectivity index (χ3n) is 1.48. The molecule has 0 bridgehead atoms. The molecule has 0 saturated carbocycles. The van der Waals surface area contributed by atoms with E-state index < -0.39 is 19.0 Å². The molecule has 0 saturated heterocycles. The predicted octanol–water partition coefficient (Wildman–Crippen LogP) is 1.54. The summed E-state index contributed by atoms with van der Waals surface area (Å²) in [5, 5.41) is 10.2. The van der Waals surface area contributed by atoms with E-state index in [9.17, 15) is 17.6 Å². The second kappa shape index (κ2) is 5.39. The van der Waals surface area contributed by atoms with Crippen LogP contribution in [-0.2, 0) is 6.54 Å². The smallest absolute Gasteiger partial charge is 0.340 e. The highest BCUT2D eigenvalue weighted by Crippen LogP contribution is 2.25. The number of ether oxygens (including phenoxy) is 1. The Balaban J connectivity index is 2.48. The topological polar surface area (TPSA) is 47.0 Å². The second-order valence-electron chi connectivity index (χ2n) is 2.84. The van der Waals surface area contributed by atoms with Crippen LogP contribution in [0.3, 0.4) is 0 Å². The summed E-state index contributed by atoms with van der Waals surface area (Å²) < 4.78 is 52.9. The molecule has 0 fully saturated rings. The van der Waals surface area contributed by atoms with Gasteiger partial charge in [0.25, 0.3) is 5.19 Å². The van der Waals surface area contributed by atoms with Crippen LogP contribution in [0.15, 0.2) is 0 Å². The lowest BCUT2D eigenvalue weighted by Crippen LogP contribution is -2.33. The Labute approximate surface area is 92.6 Å². The van der Waals surface area contributed by atoms with Crippen LogP contribution < -0.4 is 10.1 Å². The van der Waals surface area contributed by atoms with E-state index in [1.54, 1.807) is 7.05 Å². The van der Waals surface area contributed by atoms with Crippen LogP contribution in [0, 0.1) is 0 Å². The van der Waals surface area contributed by atoms with E-state index in [4.69, 9.17) is 0 Å². The van der Waals surface area contributed by atoms with Crippen molar-refractivity contribution in [2.45, 2.75) is 18.9 Å². The van der Waals surface area contributed by atoms with Crippen molar-refractivity contribution >= 4 is 11.3 Å². The van der Waals surface area contributed by atoms with Crippen LogP contribution in [0.5, 0.6) is 5.19 Å². The van der Waals surface area contributed by atoms with E-state index in [2.05, 4.69) is 20.3 Å². The third-order valence-corrected chi connectivity index (χ3v) is 2.32. The van der Waals surface area contributed by atoms with Gasteiger partial charge < -0.3 is 10.1 Å². The average molecular weight is 259 g/mol. The van der Waals surface area contributed by atoms with E-state index in [0.717, 1.165) is 11.3 Å². The van der Waals surface area contributed by atoms with Gasteiger partial charge in [-0.1, -0.05) is 11.3 Å². The van der Waals surface area contributed by atoms with Crippen LogP contribution in [0.2, 0.25) is 0 Å². The van der Waals surface area contributed by atoms with Gasteiger partial charge in [0.2, 0.25) is 0 Å². The minimum Gasteiger partial charge on any atom is -0.462 e. The maximum Gasteiger partial charge on any atom is 0.340 e. The van der Waals surface area contributed by atoms with Crippen LogP contribution >= 0.6 is 11.3 Å². The molecule has 1 heterocycles. The highest BCUT2D eigenvalue weighted by Gasteiger charge is 2.42. The van der Waals surface area contributed by atoms with Crippen molar-refractivity contribution in [2.24, 2.45) is 0 Å². The van der Waals surface area contributed by atoms with Gasteiger partial charge >= 0.3 is 12.3 Å². The highest BCUT2D eigenvalue weighted by molar-refractivity contribution is 7.13. The van der Waals surface area contributed by atoms with Gasteiger partial charge in [0, 0.05) is 6.54 Å². The zero-order valence-electron chi connectivity index (χ0n) is 8.21. The molecule has 0 atom stereocenters. The molecule has 1 rings (SSSR count). The van der Waals surface area contributed by atoms with Crippen molar-refractivity contribution in [3.8, 4) is 5.19 Å². The lowest BCUT2D eigenvalue weighted by molar-refractivity contribution is -0.148. The zero-order valence-corrected chi connectivity index (χ0v) is 9.03. The van der Waals surface area contributed by atoms with Crippen molar-refractivity contribution in [3.05, 3.63) is 5.01 Å². The minimum absolute atomic E-state index is 0.148. The van der Waals surface area contributed by atoms with Gasteiger partial charge in [-0.3, -0.25) is 0 Å². The van der Waals surface area contributed by atoms with Gasteiger partial charge in [-0.15, -0.1) is 10.2 Å². The molecule has 16 heavy (non-hydrogen) atoms. The standard InChI is InChI=1S/C7H9F4N3OS/c1-12-2-4-13-14-6(16-4)15-3-7(10,11)5(8)9/h5,12H,2-3H2,1H3. The summed E-state index contributed by atoms with van der Waals surface area (Å²) in [5.74, 6) is -4.17. The van der Waals surface area contributed by atoms with E-state index in [-0.39, 0.29) is 5.19 Å². The van der Waals surface area contributed by atoms with E-state index in [0.29, 0.717) is 11.6 Å². The van der Waals surface area contributed by atoms with Gasteiger partial charge in [0.1, 0.15) is 5.01 Å². The molecule has 0 unspecified atom stereocenters. The molecule has 0 spiro atoms. The summed E-state index contributed by atoms with van der Waals surface area (Å²) in [4.78, 5) is 0. The number of hydrogen-bond donors (Lipinski definition) is 1. The van der Waals surface area contributed by atoms with Gasteiger partial charge in [-0.05, 0) is 7.05 Å². The first-order valence-corrected chi connectivity index (χ1v) is 5.03. The molecule has 1 aromatic heterocycles. The molecule has 0 aliphatic carbocycles. The molecule has 1 aromatic rings. The first-order valence-electron chi connectivity index (χ1n) is 4.21. The maximum atomic E-state index is 12.5. The number of alkyl halides is 4. The number of nitrogens with zero attached hydrogens (tertiary/aromatic N) is 2. The van der Waals surface area contributed by atoms with Gasteiger partial charge in [-0.2, -0.15) is 8.78 Å². The minimum atomic E-state index is -4.17. The van der Waals surface area contributed by atoms with E-state index in [1.807, 2.05) is 0 Å². The van der Waals surface area contributed by atoms with Crippen LogP contribution in [0.1, 0.15) is 5.01 Å². The molecule has 0 aliphatic rings. The van der Waals surface area contributed by atoms with Crippen molar-refractivity contribution in [2.75, 3.05) is 13.7 Å². The van der Waals surface area contributed by atoms with Crippen molar-refractivity contribution in [1.82, 2.24) is 15.5 Å². The van der Waals surface area contributed by atoms with E-state index >= 15 is 0 Å². The summed E-state index contributed by atoms with van der Waals surface area (Å²) in [6, 6.07) is 0. The monoisotopic (exact) mass is 259 g/mol. The lowest BCUT2D eigenvalue weighted by Gasteiger charge is -2.13. The average Bonchev–Trinajstić information content (AvgIpc) is 2.63.